The van der Waals surface area contributed by atoms with Crippen molar-refractivity contribution in [3.63, 3.8) is 0 Å². The van der Waals surface area contributed by atoms with E-state index in [1.807, 2.05) is 6.92 Å². The highest BCUT2D eigenvalue weighted by molar-refractivity contribution is 5.83. The Morgan fingerprint density at radius 1 is 0.833 bits per heavy atom. The summed E-state index contributed by atoms with van der Waals surface area (Å²) in [6.07, 6.45) is 1.20. The van der Waals surface area contributed by atoms with E-state index in [0.717, 1.165) is 0 Å². The molecule has 0 aliphatic rings. The van der Waals surface area contributed by atoms with Crippen LogP contribution >= 0.6 is 0 Å². The van der Waals surface area contributed by atoms with Crippen molar-refractivity contribution >= 4 is 23.7 Å². The van der Waals surface area contributed by atoms with Gasteiger partial charge in [-0.15, -0.1) is 0 Å². The number of ether oxygens (including phenoxy) is 3. The molecule has 0 aromatic heterocycles. The second kappa shape index (κ2) is 12.5. The Morgan fingerprint density at radius 2 is 1.33 bits per heavy atom. The molecule has 2 unspecified atom stereocenters. The third kappa shape index (κ3) is 10.7. The lowest BCUT2D eigenvalue weighted by Crippen LogP contribution is -2.26. The molecule has 0 aromatic carbocycles. The van der Waals surface area contributed by atoms with Crippen LogP contribution in [-0.2, 0) is 33.4 Å². The normalized spacial score (nSPS) is 12.8. The Bertz CT molecular complexity index is 431. The van der Waals surface area contributed by atoms with E-state index in [1.54, 1.807) is 0 Å². The van der Waals surface area contributed by atoms with E-state index in [0.29, 0.717) is 32.3 Å². The third-order valence-corrected chi connectivity index (χ3v) is 3.23. The van der Waals surface area contributed by atoms with Gasteiger partial charge < -0.3 is 14.2 Å². The predicted molar refractivity (Wildman–Crippen MR) is 86.1 cm³/mol. The molecular weight excluding hydrogens is 316 g/mol. The fourth-order valence-corrected chi connectivity index (χ4v) is 1.68. The van der Waals surface area contributed by atoms with Gasteiger partial charge in [-0.3, -0.25) is 14.4 Å². The van der Waals surface area contributed by atoms with E-state index in [-0.39, 0.29) is 18.6 Å². The van der Waals surface area contributed by atoms with Crippen molar-refractivity contribution in [1.29, 1.82) is 0 Å². The summed E-state index contributed by atoms with van der Waals surface area (Å²) >= 11 is 0. The molecule has 0 rings (SSSR count). The Balaban J connectivity index is 3.77. The van der Waals surface area contributed by atoms with Crippen molar-refractivity contribution in [1.82, 2.24) is 0 Å². The van der Waals surface area contributed by atoms with Crippen molar-refractivity contribution in [2.75, 3.05) is 6.61 Å². The minimum absolute atomic E-state index is 0.171. The van der Waals surface area contributed by atoms with E-state index in [9.17, 15) is 19.2 Å². The summed E-state index contributed by atoms with van der Waals surface area (Å²) in [6.45, 7) is 6.55. The van der Waals surface area contributed by atoms with Crippen LogP contribution in [0.1, 0.15) is 66.2 Å². The average molecular weight is 344 g/mol. The molecule has 0 saturated carbocycles. The second-order valence-electron chi connectivity index (χ2n) is 5.60. The molecule has 0 amide bonds. The summed E-state index contributed by atoms with van der Waals surface area (Å²) in [4.78, 5) is 45.4. The number of hydrogen-bond acceptors (Lipinski definition) is 7. The third-order valence-electron chi connectivity index (χ3n) is 3.23. The van der Waals surface area contributed by atoms with Gasteiger partial charge in [-0.25, -0.2) is 4.79 Å². The van der Waals surface area contributed by atoms with Crippen molar-refractivity contribution in [2.24, 2.45) is 0 Å². The first-order valence-electron chi connectivity index (χ1n) is 8.34. The summed E-state index contributed by atoms with van der Waals surface area (Å²) < 4.78 is 14.8. The van der Waals surface area contributed by atoms with Gasteiger partial charge in [0.2, 0.25) is 0 Å². The van der Waals surface area contributed by atoms with Crippen LogP contribution in [0.15, 0.2) is 0 Å². The second-order valence-corrected chi connectivity index (χ2v) is 5.60. The van der Waals surface area contributed by atoms with Crippen molar-refractivity contribution in [3.05, 3.63) is 0 Å². The van der Waals surface area contributed by atoms with E-state index in [2.05, 4.69) is 0 Å². The van der Waals surface area contributed by atoms with Gasteiger partial charge in [-0.2, -0.15) is 0 Å². The first-order chi connectivity index (χ1) is 11.3. The van der Waals surface area contributed by atoms with Gasteiger partial charge in [0.25, 0.3) is 0 Å². The fraction of sp³-hybridized carbons (Fsp3) is 0.765. The van der Waals surface area contributed by atoms with E-state index in [4.69, 9.17) is 14.2 Å². The van der Waals surface area contributed by atoms with E-state index in [1.165, 1.54) is 20.8 Å². The van der Waals surface area contributed by atoms with Gasteiger partial charge in [0.15, 0.2) is 18.0 Å². The molecule has 0 heterocycles. The average Bonchev–Trinajstić information content (AvgIpc) is 2.51. The predicted octanol–water partition coefficient (Wildman–Crippen LogP) is 2.34. The fourth-order valence-electron chi connectivity index (χ4n) is 1.68. The van der Waals surface area contributed by atoms with E-state index >= 15 is 0 Å². The zero-order valence-electron chi connectivity index (χ0n) is 15.0. The maximum Gasteiger partial charge on any atom is 0.347 e. The Kier molecular flexibility index (Phi) is 11.5. The molecule has 2 atom stereocenters. The Labute approximate surface area is 143 Å². The Morgan fingerprint density at radius 3 is 1.79 bits per heavy atom. The molecule has 0 spiro atoms. The summed E-state index contributed by atoms with van der Waals surface area (Å²) in [7, 11) is 0. The summed E-state index contributed by atoms with van der Waals surface area (Å²) in [6, 6.07) is 0. The highest BCUT2D eigenvalue weighted by atomic mass is 16.6. The molecule has 7 heteroatoms. The lowest BCUT2D eigenvalue weighted by atomic mass is 10.1. The van der Waals surface area contributed by atoms with Crippen LogP contribution in [0, 0.1) is 0 Å². The SMILES string of the molecule is CCCOC(=O)C(C)OC(=O)CCCCCC(=O)OC(C)C(C)=O. The van der Waals surface area contributed by atoms with Crippen LogP contribution in [0.3, 0.4) is 0 Å². The minimum atomic E-state index is -0.910. The molecule has 7 nitrogen and oxygen atoms in total. The van der Waals surface area contributed by atoms with Gasteiger partial charge in [0.1, 0.15) is 0 Å². The quantitative estimate of drug-likeness (QED) is 0.304. The monoisotopic (exact) mass is 344 g/mol. The summed E-state index contributed by atoms with van der Waals surface area (Å²) in [5.41, 5.74) is 0. The maximum absolute atomic E-state index is 11.6. The van der Waals surface area contributed by atoms with Crippen LogP contribution in [-0.4, -0.2) is 42.5 Å². The number of esters is 3. The molecular formula is C17H28O7. The molecule has 138 valence electrons. The number of carbonyl (C=O) groups is 4. The van der Waals surface area contributed by atoms with Gasteiger partial charge >= 0.3 is 17.9 Å². The van der Waals surface area contributed by atoms with Gasteiger partial charge in [0.05, 0.1) is 6.61 Å². The van der Waals surface area contributed by atoms with Gasteiger partial charge in [0, 0.05) is 12.8 Å². The topological polar surface area (TPSA) is 96.0 Å². The highest BCUT2D eigenvalue weighted by Gasteiger charge is 2.18. The van der Waals surface area contributed by atoms with E-state index < -0.39 is 30.1 Å². The number of Topliss-reactive ketones (excluding diaryl/α,β-unsaturated/α-hetero) is 1. The zero-order valence-corrected chi connectivity index (χ0v) is 15.0. The van der Waals surface area contributed by atoms with Gasteiger partial charge in [-0.1, -0.05) is 13.3 Å². The van der Waals surface area contributed by atoms with Gasteiger partial charge in [-0.05, 0) is 40.0 Å². The number of hydrogen-bond donors (Lipinski definition) is 0. The number of unbranched alkanes of at least 4 members (excludes halogenated alkanes) is 2. The first-order valence-corrected chi connectivity index (χ1v) is 8.34. The standard InChI is InChI=1S/C17H28O7/c1-5-11-22-17(21)14(4)24-16(20)10-8-6-7-9-15(19)23-13(3)12(2)18/h13-14H,5-11H2,1-4H3. The summed E-state index contributed by atoms with van der Waals surface area (Å²) in [5, 5.41) is 0. The van der Waals surface area contributed by atoms with Crippen LogP contribution in [0.25, 0.3) is 0 Å². The molecule has 0 N–H and O–H groups in total. The molecule has 0 saturated heterocycles. The molecule has 0 aromatic rings. The molecule has 0 radical (unpaired) electrons. The van der Waals surface area contributed by atoms with Crippen LogP contribution in [0.2, 0.25) is 0 Å². The molecule has 0 aliphatic carbocycles. The molecule has 0 aliphatic heterocycles. The molecule has 0 fully saturated rings. The van der Waals surface area contributed by atoms with Crippen molar-refractivity contribution in [3.8, 4) is 0 Å². The van der Waals surface area contributed by atoms with Crippen LogP contribution in [0.5, 0.6) is 0 Å². The molecule has 0 bridgehead atoms. The number of ketones is 1. The summed E-state index contributed by atoms with van der Waals surface area (Å²) in [5.74, 6) is -1.64. The molecule has 24 heavy (non-hydrogen) atoms. The van der Waals surface area contributed by atoms with Crippen LogP contribution in [0.4, 0.5) is 0 Å². The lowest BCUT2D eigenvalue weighted by Gasteiger charge is -2.12. The smallest absolute Gasteiger partial charge is 0.347 e. The zero-order chi connectivity index (χ0) is 18.5. The number of rotatable bonds is 12. The maximum atomic E-state index is 11.6. The minimum Gasteiger partial charge on any atom is -0.463 e. The number of carbonyl (C=O) groups excluding carboxylic acids is 4. The largest absolute Gasteiger partial charge is 0.463 e. The van der Waals surface area contributed by atoms with Crippen molar-refractivity contribution < 1.29 is 33.4 Å². The Hall–Kier alpha value is -1.92. The first kappa shape index (κ1) is 22.1. The lowest BCUT2D eigenvalue weighted by molar-refractivity contribution is -0.166. The van der Waals surface area contributed by atoms with Crippen molar-refractivity contribution in [2.45, 2.75) is 78.4 Å². The highest BCUT2D eigenvalue weighted by Crippen LogP contribution is 2.08. The van der Waals surface area contributed by atoms with Crippen LogP contribution < -0.4 is 0 Å².